The number of amides is 1. The quantitative estimate of drug-likeness (QED) is 0.689. The van der Waals surface area contributed by atoms with Crippen LogP contribution in [0.1, 0.15) is 35.7 Å². The van der Waals surface area contributed by atoms with E-state index in [-0.39, 0.29) is 5.91 Å². The SMILES string of the molecule is CCc1ccccc1NC(=O)c1cc(N(CC)c2ccccc2)nc(C)n1. The summed E-state index contributed by atoms with van der Waals surface area (Å²) in [6.07, 6.45) is 0.849. The number of nitrogens with zero attached hydrogens (tertiary/aromatic N) is 3. The van der Waals surface area contributed by atoms with E-state index in [0.29, 0.717) is 17.3 Å². The summed E-state index contributed by atoms with van der Waals surface area (Å²) < 4.78 is 0. The van der Waals surface area contributed by atoms with Gasteiger partial charge in [0.15, 0.2) is 0 Å². The molecule has 0 saturated carbocycles. The maximum Gasteiger partial charge on any atom is 0.274 e. The van der Waals surface area contributed by atoms with Crippen molar-refractivity contribution in [2.75, 3.05) is 16.8 Å². The van der Waals surface area contributed by atoms with Crippen molar-refractivity contribution in [3.63, 3.8) is 0 Å². The second kappa shape index (κ2) is 8.45. The van der Waals surface area contributed by atoms with Gasteiger partial charge >= 0.3 is 0 Å². The predicted octanol–water partition coefficient (Wildman–Crippen LogP) is 4.76. The monoisotopic (exact) mass is 360 g/mol. The summed E-state index contributed by atoms with van der Waals surface area (Å²) in [5.41, 5.74) is 3.30. The molecule has 5 nitrogen and oxygen atoms in total. The zero-order valence-electron chi connectivity index (χ0n) is 15.9. The van der Waals surface area contributed by atoms with Crippen molar-refractivity contribution in [2.45, 2.75) is 27.2 Å². The van der Waals surface area contributed by atoms with Crippen molar-refractivity contribution in [2.24, 2.45) is 0 Å². The molecule has 0 fully saturated rings. The molecule has 0 unspecified atom stereocenters. The number of para-hydroxylation sites is 2. The van der Waals surface area contributed by atoms with E-state index in [9.17, 15) is 4.79 Å². The molecule has 5 heteroatoms. The highest BCUT2D eigenvalue weighted by atomic mass is 16.1. The fourth-order valence-electron chi connectivity index (χ4n) is 3.03. The van der Waals surface area contributed by atoms with E-state index < -0.39 is 0 Å². The molecule has 0 aliphatic carbocycles. The first-order chi connectivity index (χ1) is 13.1. The number of carbonyl (C=O) groups excluding carboxylic acids is 1. The molecule has 0 spiro atoms. The van der Waals surface area contributed by atoms with Crippen LogP contribution in [0.5, 0.6) is 0 Å². The van der Waals surface area contributed by atoms with Gasteiger partial charge in [-0.2, -0.15) is 0 Å². The number of hydrogen-bond donors (Lipinski definition) is 1. The van der Waals surface area contributed by atoms with Crippen LogP contribution in [0.4, 0.5) is 17.2 Å². The van der Waals surface area contributed by atoms with E-state index in [4.69, 9.17) is 0 Å². The zero-order chi connectivity index (χ0) is 19.2. The van der Waals surface area contributed by atoms with Gasteiger partial charge in [-0.25, -0.2) is 9.97 Å². The Morgan fingerprint density at radius 1 is 1.00 bits per heavy atom. The summed E-state index contributed by atoms with van der Waals surface area (Å²) in [6, 6.07) is 19.6. The van der Waals surface area contributed by atoms with Gasteiger partial charge in [-0.3, -0.25) is 4.79 Å². The fourth-order valence-corrected chi connectivity index (χ4v) is 3.03. The van der Waals surface area contributed by atoms with Crippen LogP contribution in [0.15, 0.2) is 60.7 Å². The second-order valence-corrected chi connectivity index (χ2v) is 6.20. The summed E-state index contributed by atoms with van der Waals surface area (Å²) in [7, 11) is 0. The molecule has 1 aromatic heterocycles. The standard InChI is InChI=1S/C22H24N4O/c1-4-17-11-9-10-14-19(17)25-22(27)20-15-21(24-16(3)23-20)26(5-2)18-12-7-6-8-13-18/h6-15H,4-5H2,1-3H3,(H,25,27). The molecule has 2 aromatic carbocycles. The third-order valence-corrected chi connectivity index (χ3v) is 4.36. The second-order valence-electron chi connectivity index (χ2n) is 6.20. The molecule has 0 atom stereocenters. The van der Waals surface area contributed by atoms with Crippen molar-refractivity contribution in [3.05, 3.63) is 77.7 Å². The molecule has 0 aliphatic rings. The number of benzene rings is 2. The van der Waals surface area contributed by atoms with Crippen LogP contribution in [-0.4, -0.2) is 22.4 Å². The molecule has 3 rings (SSSR count). The van der Waals surface area contributed by atoms with E-state index in [2.05, 4.69) is 34.0 Å². The lowest BCUT2D eigenvalue weighted by Gasteiger charge is -2.22. The van der Waals surface area contributed by atoms with Gasteiger partial charge in [0.25, 0.3) is 5.91 Å². The number of carbonyl (C=O) groups is 1. The van der Waals surface area contributed by atoms with Crippen LogP contribution in [0.3, 0.4) is 0 Å². The van der Waals surface area contributed by atoms with Gasteiger partial charge in [0.05, 0.1) is 0 Å². The number of hydrogen-bond acceptors (Lipinski definition) is 4. The summed E-state index contributed by atoms with van der Waals surface area (Å²) >= 11 is 0. The molecule has 1 N–H and O–H groups in total. The molecule has 27 heavy (non-hydrogen) atoms. The molecule has 0 aliphatic heterocycles. The molecule has 0 bridgehead atoms. The van der Waals surface area contributed by atoms with Crippen molar-refractivity contribution >= 4 is 23.1 Å². The average Bonchev–Trinajstić information content (AvgIpc) is 2.69. The minimum Gasteiger partial charge on any atom is -0.327 e. The molecule has 0 saturated heterocycles. The Bertz CT molecular complexity index is 925. The third-order valence-electron chi connectivity index (χ3n) is 4.36. The Balaban J connectivity index is 1.92. The number of aryl methyl sites for hydroxylation is 2. The largest absolute Gasteiger partial charge is 0.327 e. The van der Waals surface area contributed by atoms with E-state index in [1.165, 1.54) is 0 Å². The number of rotatable bonds is 6. The van der Waals surface area contributed by atoms with Crippen molar-refractivity contribution in [1.82, 2.24) is 9.97 Å². The van der Waals surface area contributed by atoms with Gasteiger partial charge in [0, 0.05) is 24.0 Å². The Kier molecular flexibility index (Phi) is 5.81. The van der Waals surface area contributed by atoms with Gasteiger partial charge in [-0.05, 0) is 44.0 Å². The van der Waals surface area contributed by atoms with E-state index in [0.717, 1.165) is 29.9 Å². The highest BCUT2D eigenvalue weighted by Gasteiger charge is 2.16. The lowest BCUT2D eigenvalue weighted by molar-refractivity contribution is 0.102. The van der Waals surface area contributed by atoms with Crippen LogP contribution in [0.25, 0.3) is 0 Å². The smallest absolute Gasteiger partial charge is 0.274 e. The van der Waals surface area contributed by atoms with Gasteiger partial charge in [-0.15, -0.1) is 0 Å². The number of nitrogens with one attached hydrogen (secondary N) is 1. The van der Waals surface area contributed by atoms with Gasteiger partial charge in [0.1, 0.15) is 17.3 Å². The Hall–Kier alpha value is -3.21. The maximum absolute atomic E-state index is 12.8. The maximum atomic E-state index is 12.8. The van der Waals surface area contributed by atoms with Gasteiger partial charge in [0.2, 0.25) is 0 Å². The summed E-state index contributed by atoms with van der Waals surface area (Å²) in [4.78, 5) is 23.8. The van der Waals surface area contributed by atoms with Crippen LogP contribution < -0.4 is 10.2 Å². The molecule has 3 aromatic rings. The molecule has 138 valence electrons. The summed E-state index contributed by atoms with van der Waals surface area (Å²) in [6.45, 7) is 6.66. The third kappa shape index (κ3) is 4.31. The first-order valence-corrected chi connectivity index (χ1v) is 9.20. The molecule has 1 heterocycles. The van der Waals surface area contributed by atoms with Crippen LogP contribution in [0, 0.1) is 6.92 Å². The van der Waals surface area contributed by atoms with Crippen LogP contribution in [-0.2, 0) is 6.42 Å². The highest BCUT2D eigenvalue weighted by Crippen LogP contribution is 2.24. The molecular weight excluding hydrogens is 336 g/mol. The van der Waals surface area contributed by atoms with E-state index >= 15 is 0 Å². The Morgan fingerprint density at radius 2 is 1.70 bits per heavy atom. The minimum absolute atomic E-state index is 0.230. The van der Waals surface area contributed by atoms with Crippen LogP contribution in [0.2, 0.25) is 0 Å². The van der Waals surface area contributed by atoms with Crippen LogP contribution >= 0.6 is 0 Å². The van der Waals surface area contributed by atoms with Gasteiger partial charge < -0.3 is 10.2 Å². The number of aromatic nitrogens is 2. The normalized spacial score (nSPS) is 10.5. The lowest BCUT2D eigenvalue weighted by atomic mass is 10.1. The molecule has 0 radical (unpaired) electrons. The fraction of sp³-hybridized carbons (Fsp3) is 0.227. The summed E-state index contributed by atoms with van der Waals surface area (Å²) in [5.74, 6) is 1.05. The van der Waals surface area contributed by atoms with E-state index in [1.54, 1.807) is 13.0 Å². The lowest BCUT2D eigenvalue weighted by Crippen LogP contribution is -2.21. The Morgan fingerprint density at radius 3 is 2.41 bits per heavy atom. The summed E-state index contributed by atoms with van der Waals surface area (Å²) in [5, 5.41) is 2.98. The average molecular weight is 360 g/mol. The minimum atomic E-state index is -0.230. The van der Waals surface area contributed by atoms with E-state index in [1.807, 2.05) is 54.6 Å². The molecule has 1 amide bonds. The van der Waals surface area contributed by atoms with Gasteiger partial charge in [-0.1, -0.05) is 43.3 Å². The zero-order valence-corrected chi connectivity index (χ0v) is 15.9. The highest BCUT2D eigenvalue weighted by molar-refractivity contribution is 6.03. The predicted molar refractivity (Wildman–Crippen MR) is 110 cm³/mol. The van der Waals surface area contributed by atoms with Crippen molar-refractivity contribution < 1.29 is 4.79 Å². The van der Waals surface area contributed by atoms with Crippen molar-refractivity contribution in [1.29, 1.82) is 0 Å². The topological polar surface area (TPSA) is 58.1 Å². The van der Waals surface area contributed by atoms with Crippen molar-refractivity contribution in [3.8, 4) is 0 Å². The molecular formula is C22H24N4O. The first-order valence-electron chi connectivity index (χ1n) is 9.20. The Labute approximate surface area is 160 Å². The number of anilines is 3. The first kappa shape index (κ1) is 18.6.